The van der Waals surface area contributed by atoms with Crippen molar-refractivity contribution in [3.8, 4) is 0 Å². The number of amidine groups is 1. The highest BCUT2D eigenvalue weighted by Crippen LogP contribution is 2.25. The largest absolute Gasteiger partial charge is 0.409 e. The van der Waals surface area contributed by atoms with E-state index >= 15 is 0 Å². The van der Waals surface area contributed by atoms with E-state index in [0.29, 0.717) is 23.0 Å². The third-order valence-electron chi connectivity index (χ3n) is 3.73. The number of benzene rings is 1. The maximum Gasteiger partial charge on any atom is 0.317 e. The number of hydrogen-bond acceptors (Lipinski definition) is 7. The maximum absolute atomic E-state index is 13.3. The molecule has 1 saturated heterocycles. The number of urea groups is 1. The summed E-state index contributed by atoms with van der Waals surface area (Å²) >= 11 is 4.40. The molecule has 26 heavy (non-hydrogen) atoms. The van der Waals surface area contributed by atoms with Gasteiger partial charge in [0, 0.05) is 25.0 Å². The van der Waals surface area contributed by atoms with Crippen LogP contribution >= 0.6 is 27.7 Å². The third kappa shape index (κ3) is 3.90. The summed E-state index contributed by atoms with van der Waals surface area (Å²) in [5, 5.41) is 26.1. The number of amides is 2. The lowest BCUT2D eigenvalue weighted by atomic mass is 10.3. The zero-order valence-electron chi connectivity index (χ0n) is 13.4. The van der Waals surface area contributed by atoms with E-state index in [1.54, 1.807) is 11.9 Å². The Morgan fingerprint density at radius 1 is 1.62 bits per heavy atom. The monoisotopic (exact) mass is 444 g/mol. The van der Waals surface area contributed by atoms with Crippen molar-refractivity contribution in [2.24, 2.45) is 5.16 Å². The molecule has 1 aliphatic rings. The fourth-order valence-corrected chi connectivity index (χ4v) is 3.67. The average molecular weight is 445 g/mol. The standard InChI is InChI=1S/C14H14BrFN6O3S/c1-22-8(5-17-14(22)23)6-26-13-11(20-25-21-13)12(19-24)18-7-2-3-10(16)9(15)4-7/h2-4,8,24H,5-6H2,1H3,(H,17,23)(H,18,19). The van der Waals surface area contributed by atoms with Gasteiger partial charge >= 0.3 is 6.03 Å². The molecule has 0 spiro atoms. The predicted molar refractivity (Wildman–Crippen MR) is 96.0 cm³/mol. The first-order chi connectivity index (χ1) is 12.5. The Kier molecular flexibility index (Phi) is 5.61. The van der Waals surface area contributed by atoms with Crippen molar-refractivity contribution in [2.45, 2.75) is 11.1 Å². The molecule has 1 unspecified atom stereocenters. The van der Waals surface area contributed by atoms with Gasteiger partial charge in [0.15, 0.2) is 10.7 Å². The Morgan fingerprint density at radius 2 is 2.42 bits per heavy atom. The fourth-order valence-electron chi connectivity index (χ4n) is 2.24. The number of thioether (sulfide) groups is 1. The van der Waals surface area contributed by atoms with Gasteiger partial charge in [-0.25, -0.2) is 13.8 Å². The molecule has 2 heterocycles. The number of halogens is 2. The molecule has 1 aromatic carbocycles. The second-order valence-electron chi connectivity index (χ2n) is 5.38. The van der Waals surface area contributed by atoms with Crippen LogP contribution in [-0.4, -0.2) is 57.7 Å². The molecule has 2 aromatic rings. The van der Waals surface area contributed by atoms with Crippen molar-refractivity contribution in [2.75, 3.05) is 24.7 Å². The second-order valence-corrected chi connectivity index (χ2v) is 7.25. The molecule has 3 N–H and O–H groups in total. The van der Waals surface area contributed by atoms with Gasteiger partial charge in [-0.2, -0.15) is 0 Å². The quantitative estimate of drug-likeness (QED) is 0.213. The smallest absolute Gasteiger partial charge is 0.317 e. The summed E-state index contributed by atoms with van der Waals surface area (Å²) in [6.45, 7) is 0.533. The van der Waals surface area contributed by atoms with Gasteiger partial charge in [-0.05, 0) is 44.4 Å². The highest BCUT2D eigenvalue weighted by Gasteiger charge is 2.28. The Morgan fingerprint density at radius 3 is 3.08 bits per heavy atom. The summed E-state index contributed by atoms with van der Waals surface area (Å²) in [7, 11) is 1.71. The Hall–Kier alpha value is -2.34. The molecule has 9 nitrogen and oxygen atoms in total. The van der Waals surface area contributed by atoms with Crippen LogP contribution < -0.4 is 10.6 Å². The molecule has 1 aliphatic heterocycles. The molecule has 0 radical (unpaired) electrons. The summed E-state index contributed by atoms with van der Waals surface area (Å²) in [6, 6.07) is 4.10. The van der Waals surface area contributed by atoms with E-state index in [4.69, 9.17) is 4.63 Å². The van der Waals surface area contributed by atoms with Gasteiger partial charge in [0.1, 0.15) is 5.82 Å². The van der Waals surface area contributed by atoms with Crippen LogP contribution in [0.5, 0.6) is 0 Å². The van der Waals surface area contributed by atoms with Crippen LogP contribution in [0.25, 0.3) is 0 Å². The molecular weight excluding hydrogens is 431 g/mol. The molecule has 12 heteroatoms. The number of rotatable bonds is 5. The van der Waals surface area contributed by atoms with Crippen molar-refractivity contribution < 1.29 is 19.0 Å². The van der Waals surface area contributed by atoms with Crippen LogP contribution in [0.1, 0.15) is 5.69 Å². The van der Waals surface area contributed by atoms with E-state index in [1.165, 1.54) is 30.0 Å². The minimum Gasteiger partial charge on any atom is -0.409 e. The summed E-state index contributed by atoms with van der Waals surface area (Å²) in [6.07, 6.45) is 0. The topological polar surface area (TPSA) is 116 Å². The first kappa shape index (κ1) is 18.5. The Bertz CT molecular complexity index is 848. The zero-order valence-corrected chi connectivity index (χ0v) is 15.8. The Balaban J connectivity index is 1.71. The van der Waals surface area contributed by atoms with E-state index in [9.17, 15) is 14.4 Å². The number of hydrogen-bond donors (Lipinski definition) is 3. The number of anilines is 1. The molecule has 3 rings (SSSR count). The molecule has 138 valence electrons. The van der Waals surface area contributed by atoms with Crippen LogP contribution in [0.3, 0.4) is 0 Å². The normalized spacial score (nSPS) is 17.5. The van der Waals surface area contributed by atoms with Gasteiger partial charge in [0.05, 0.1) is 10.5 Å². The van der Waals surface area contributed by atoms with E-state index in [2.05, 4.69) is 42.0 Å². The van der Waals surface area contributed by atoms with Gasteiger partial charge in [-0.15, -0.1) is 0 Å². The average Bonchev–Trinajstić information content (AvgIpc) is 3.22. The lowest BCUT2D eigenvalue weighted by molar-refractivity contribution is 0.219. The van der Waals surface area contributed by atoms with Crippen molar-refractivity contribution >= 4 is 45.2 Å². The molecule has 1 atom stereocenters. The van der Waals surface area contributed by atoms with Crippen LogP contribution in [0.2, 0.25) is 0 Å². The molecule has 0 bridgehead atoms. The molecule has 1 aromatic heterocycles. The first-order valence-electron chi connectivity index (χ1n) is 7.40. The number of carbonyl (C=O) groups is 1. The van der Waals surface area contributed by atoms with E-state index in [-0.39, 0.29) is 28.1 Å². The number of aromatic nitrogens is 2. The highest BCUT2D eigenvalue weighted by molar-refractivity contribution is 9.10. The molecular formula is C14H14BrFN6O3S. The number of nitrogens with zero attached hydrogens (tertiary/aromatic N) is 4. The van der Waals surface area contributed by atoms with Crippen LogP contribution in [0.15, 0.2) is 37.5 Å². The van der Waals surface area contributed by atoms with E-state index in [1.807, 2.05) is 0 Å². The van der Waals surface area contributed by atoms with Gasteiger partial charge in [0.2, 0.25) is 5.84 Å². The number of oxime groups is 1. The SMILES string of the molecule is CN1C(=O)NCC1CSc1nonc1C(=NO)Nc1ccc(F)c(Br)c1. The summed E-state index contributed by atoms with van der Waals surface area (Å²) in [5.41, 5.74) is 0.688. The molecule has 0 aliphatic carbocycles. The predicted octanol–water partition coefficient (Wildman–Crippen LogP) is 2.33. The minimum absolute atomic E-state index is 0.00114. The third-order valence-corrected chi connectivity index (χ3v) is 5.43. The summed E-state index contributed by atoms with van der Waals surface area (Å²) < 4.78 is 18.3. The molecule has 0 saturated carbocycles. The zero-order chi connectivity index (χ0) is 18.7. The summed E-state index contributed by atoms with van der Waals surface area (Å²) in [5.74, 6) is 0.138. The number of nitrogens with one attached hydrogen (secondary N) is 2. The molecule has 2 amide bonds. The first-order valence-corrected chi connectivity index (χ1v) is 9.18. The van der Waals surface area contributed by atoms with Gasteiger partial charge < -0.3 is 20.7 Å². The number of likely N-dealkylation sites (N-methyl/N-ethyl adjacent to an activating group) is 1. The van der Waals surface area contributed by atoms with Crippen LogP contribution in [0.4, 0.5) is 14.9 Å². The summed E-state index contributed by atoms with van der Waals surface area (Å²) in [4.78, 5) is 13.1. The fraction of sp³-hybridized carbons (Fsp3) is 0.286. The van der Waals surface area contributed by atoms with Crippen LogP contribution in [0, 0.1) is 5.82 Å². The lowest BCUT2D eigenvalue weighted by Gasteiger charge is -2.16. The van der Waals surface area contributed by atoms with Gasteiger partial charge in [-0.1, -0.05) is 16.9 Å². The van der Waals surface area contributed by atoms with Crippen molar-refractivity contribution in [3.63, 3.8) is 0 Å². The lowest BCUT2D eigenvalue weighted by Crippen LogP contribution is -2.31. The van der Waals surface area contributed by atoms with E-state index in [0.717, 1.165) is 0 Å². The Labute approximate surface area is 160 Å². The van der Waals surface area contributed by atoms with Crippen molar-refractivity contribution in [3.05, 3.63) is 34.2 Å². The highest BCUT2D eigenvalue weighted by atomic mass is 79.9. The second kappa shape index (κ2) is 7.91. The molecule has 1 fully saturated rings. The minimum atomic E-state index is -0.416. The van der Waals surface area contributed by atoms with Gasteiger partial charge in [0.25, 0.3) is 0 Å². The van der Waals surface area contributed by atoms with Gasteiger partial charge in [-0.3, -0.25) is 0 Å². The van der Waals surface area contributed by atoms with Crippen molar-refractivity contribution in [1.82, 2.24) is 20.5 Å². The van der Waals surface area contributed by atoms with Crippen molar-refractivity contribution in [1.29, 1.82) is 0 Å². The number of carbonyl (C=O) groups excluding carboxylic acids is 1. The van der Waals surface area contributed by atoms with Crippen LogP contribution in [-0.2, 0) is 0 Å². The maximum atomic E-state index is 13.3. The van der Waals surface area contributed by atoms with E-state index < -0.39 is 5.82 Å².